The number of anilines is 5. The van der Waals surface area contributed by atoms with Crippen LogP contribution in [0.3, 0.4) is 0 Å². The van der Waals surface area contributed by atoms with E-state index in [2.05, 4.69) is 4.18 Å². The van der Waals surface area contributed by atoms with Gasteiger partial charge in [0.15, 0.2) is 9.84 Å². The van der Waals surface area contributed by atoms with Crippen molar-refractivity contribution in [3.05, 3.63) is 54.1 Å². The number of rotatable bonds is 9. The molecule has 0 saturated carbocycles. The van der Waals surface area contributed by atoms with Gasteiger partial charge in [0, 0.05) is 11.8 Å². The molecule has 0 unspecified atom stereocenters. The van der Waals surface area contributed by atoms with Crippen LogP contribution in [-0.2, 0) is 44.7 Å². The van der Waals surface area contributed by atoms with Crippen molar-refractivity contribution in [2.75, 3.05) is 55.2 Å². The first kappa shape index (κ1) is 46.2. The number of fused-ring (bicyclic) bond motifs is 1. The molecule has 0 aromatic heterocycles. The number of phenols is 1. The average molecular weight is 828 g/mol. The molecular formula is C29H41N5O15S4. The minimum Gasteiger partial charge on any atom is -0.505 e. The lowest BCUT2D eigenvalue weighted by Gasteiger charge is -2.14. The van der Waals surface area contributed by atoms with Crippen molar-refractivity contribution >= 4 is 79.7 Å². The summed E-state index contributed by atoms with van der Waals surface area (Å²) in [5.74, 6) is 0.120. The van der Waals surface area contributed by atoms with Gasteiger partial charge >= 0.3 is 10.4 Å². The summed E-state index contributed by atoms with van der Waals surface area (Å²) >= 11 is 0. The number of benzene rings is 4. The number of ether oxygens (including phenoxy) is 2. The van der Waals surface area contributed by atoms with Gasteiger partial charge in [-0.05, 0) is 60.3 Å². The van der Waals surface area contributed by atoms with E-state index in [0.717, 1.165) is 23.4 Å². The molecule has 0 atom stereocenters. The second-order valence-electron chi connectivity index (χ2n) is 10.1. The molecule has 0 aliphatic heterocycles. The van der Waals surface area contributed by atoms with Gasteiger partial charge in [-0.1, -0.05) is 13.8 Å². The molecule has 0 heterocycles. The SMILES string of the molecule is CC.COc1cc(N)c(OC)cc1C.Nc1c(S(=O)(=O)O)cc2cc(S(=O)(=O)O)c(N)c(O)c2c1N.Nc1ccc(S(=O)(=O)CCOS(=O)(=O)O)cc1. The van der Waals surface area contributed by atoms with Gasteiger partial charge in [0.1, 0.15) is 27.0 Å². The quantitative estimate of drug-likeness (QED) is 0.0663. The zero-order chi connectivity index (χ0) is 41.3. The molecule has 24 heteroatoms. The molecule has 14 N–H and O–H groups in total. The van der Waals surface area contributed by atoms with Crippen LogP contribution in [0.15, 0.2) is 63.2 Å². The predicted molar refractivity (Wildman–Crippen MR) is 199 cm³/mol. The molecule has 296 valence electrons. The Balaban J connectivity index is 0.000000405. The van der Waals surface area contributed by atoms with Gasteiger partial charge in [0.2, 0.25) is 0 Å². The normalized spacial score (nSPS) is 11.5. The van der Waals surface area contributed by atoms with E-state index in [4.69, 9.17) is 51.8 Å². The van der Waals surface area contributed by atoms with Crippen LogP contribution in [0.4, 0.5) is 28.4 Å². The lowest BCUT2D eigenvalue weighted by Crippen LogP contribution is -2.15. The molecule has 0 aliphatic carbocycles. The molecule has 4 rings (SSSR count). The largest absolute Gasteiger partial charge is 0.505 e. The number of aryl methyl sites for hydroxylation is 1. The molecular weight excluding hydrogens is 787 g/mol. The fraction of sp³-hybridized carbons (Fsp3) is 0.241. The highest BCUT2D eigenvalue weighted by atomic mass is 32.3. The van der Waals surface area contributed by atoms with Crippen LogP contribution in [0.2, 0.25) is 0 Å². The molecule has 0 saturated heterocycles. The van der Waals surface area contributed by atoms with E-state index in [1.165, 1.54) is 24.3 Å². The van der Waals surface area contributed by atoms with Crippen molar-refractivity contribution in [3.63, 3.8) is 0 Å². The molecule has 0 aliphatic rings. The van der Waals surface area contributed by atoms with Gasteiger partial charge in [-0.15, -0.1) is 0 Å². The first-order chi connectivity index (χ1) is 24.2. The van der Waals surface area contributed by atoms with Gasteiger partial charge in [-0.2, -0.15) is 25.3 Å². The van der Waals surface area contributed by atoms with Gasteiger partial charge in [0.05, 0.1) is 59.6 Å². The Labute approximate surface area is 306 Å². The van der Waals surface area contributed by atoms with Crippen LogP contribution in [-0.4, -0.2) is 79.0 Å². The molecule has 0 radical (unpaired) electrons. The highest BCUT2D eigenvalue weighted by Gasteiger charge is 2.25. The van der Waals surface area contributed by atoms with Crippen LogP contribution in [0.1, 0.15) is 19.4 Å². The molecule has 0 bridgehead atoms. The number of nitrogens with two attached hydrogens (primary N) is 5. The second kappa shape index (κ2) is 18.3. The van der Waals surface area contributed by atoms with Crippen LogP contribution >= 0.6 is 0 Å². The summed E-state index contributed by atoms with van der Waals surface area (Å²) in [5, 5.41) is 9.53. The van der Waals surface area contributed by atoms with Crippen molar-refractivity contribution < 1.29 is 66.1 Å². The lowest BCUT2D eigenvalue weighted by atomic mass is 10.1. The molecule has 0 spiro atoms. The topological polar surface area (TPSA) is 375 Å². The molecule has 0 fully saturated rings. The molecule has 4 aromatic rings. The minimum absolute atomic E-state index is 0.00522. The third-order valence-corrected chi connectivity index (χ3v) is 10.5. The number of phenolic OH excluding ortho intramolecular Hbond substituents is 1. The number of nitrogen functional groups attached to an aromatic ring is 5. The van der Waals surface area contributed by atoms with Crippen LogP contribution < -0.4 is 38.1 Å². The Morgan fingerprint density at radius 1 is 0.660 bits per heavy atom. The van der Waals surface area contributed by atoms with E-state index in [9.17, 15) is 38.8 Å². The Hall–Kier alpha value is -4.82. The second-order valence-corrected chi connectivity index (χ2v) is 16.1. The zero-order valence-corrected chi connectivity index (χ0v) is 32.1. The summed E-state index contributed by atoms with van der Waals surface area (Å²) in [6.45, 7) is 5.30. The standard InChI is InChI=1S/C10H11N3O7S2.C9H13NO2.C8H11NO6S2.C2H6/c11-7-4(21(15,16)17)1-3-2-5(22(18,19)20)8(12)10(14)6(3)9(7)13;1-6-4-9(12-3)7(10)5-8(6)11-2;9-7-1-3-8(4-2-7)16(10,11)6-5-15-17(12,13)14;1-2/h1-2,14H,11-13H2,(H,15,16,17)(H,18,19,20);4-5H,10H2,1-3H3;1-4H,5-6,9H2,(H,12,13,14);1-2H3. The summed E-state index contributed by atoms with van der Waals surface area (Å²) in [5.41, 5.74) is 28.0. The van der Waals surface area contributed by atoms with E-state index in [0.29, 0.717) is 17.1 Å². The Kier molecular flexibility index (Phi) is 15.9. The van der Waals surface area contributed by atoms with Gasteiger partial charge in [-0.25, -0.2) is 12.6 Å². The minimum atomic E-state index is -4.79. The number of aromatic hydroxyl groups is 1. The van der Waals surface area contributed by atoms with Crippen molar-refractivity contribution in [2.24, 2.45) is 0 Å². The summed E-state index contributed by atoms with van der Waals surface area (Å²) < 4.78 is 129. The monoisotopic (exact) mass is 827 g/mol. The number of hydrogen-bond donors (Lipinski definition) is 9. The van der Waals surface area contributed by atoms with Crippen LogP contribution in [0.25, 0.3) is 10.8 Å². The van der Waals surface area contributed by atoms with E-state index >= 15 is 0 Å². The van der Waals surface area contributed by atoms with Crippen molar-refractivity contribution in [1.29, 1.82) is 0 Å². The summed E-state index contributed by atoms with van der Waals surface area (Å²) in [6, 6.07) is 10.6. The maximum absolute atomic E-state index is 11.6. The van der Waals surface area contributed by atoms with E-state index in [1.54, 1.807) is 20.3 Å². The third kappa shape index (κ3) is 12.7. The molecule has 20 nitrogen and oxygen atoms in total. The lowest BCUT2D eigenvalue weighted by molar-refractivity contribution is 0.284. The maximum atomic E-state index is 11.6. The number of methoxy groups -OCH3 is 2. The number of hydrogen-bond acceptors (Lipinski definition) is 17. The molecule has 4 aromatic carbocycles. The third-order valence-electron chi connectivity index (χ3n) is 6.57. The smallest absolute Gasteiger partial charge is 0.397 e. The van der Waals surface area contributed by atoms with Gasteiger partial charge in [0.25, 0.3) is 20.2 Å². The fourth-order valence-electron chi connectivity index (χ4n) is 4.11. The molecule has 53 heavy (non-hydrogen) atoms. The van der Waals surface area contributed by atoms with Crippen LogP contribution in [0, 0.1) is 6.92 Å². The summed E-state index contributed by atoms with van der Waals surface area (Å²) in [7, 11) is -14.6. The predicted octanol–water partition coefficient (Wildman–Crippen LogP) is 2.27. The maximum Gasteiger partial charge on any atom is 0.397 e. The van der Waals surface area contributed by atoms with E-state index in [-0.39, 0.29) is 15.7 Å². The summed E-state index contributed by atoms with van der Waals surface area (Å²) in [6.07, 6.45) is 0. The van der Waals surface area contributed by atoms with E-state index in [1.807, 2.05) is 26.8 Å². The highest BCUT2D eigenvalue weighted by Crippen LogP contribution is 2.43. The summed E-state index contributed by atoms with van der Waals surface area (Å²) in [4.78, 5) is -1.61. The average Bonchev–Trinajstić information content (AvgIpc) is 3.05. The Bertz CT molecular complexity index is 2260. The fourth-order valence-corrected chi connectivity index (χ4v) is 6.91. The number of sulfone groups is 1. The van der Waals surface area contributed by atoms with Crippen molar-refractivity contribution in [1.82, 2.24) is 0 Å². The van der Waals surface area contributed by atoms with Gasteiger partial charge < -0.3 is 43.2 Å². The first-order valence-electron chi connectivity index (χ1n) is 14.5. The Morgan fingerprint density at radius 3 is 1.57 bits per heavy atom. The van der Waals surface area contributed by atoms with E-state index < -0.39 is 85.4 Å². The highest BCUT2D eigenvalue weighted by molar-refractivity contribution is 7.91. The van der Waals surface area contributed by atoms with Crippen molar-refractivity contribution in [2.45, 2.75) is 35.5 Å². The molecule has 0 amide bonds. The Morgan fingerprint density at radius 2 is 1.13 bits per heavy atom. The van der Waals surface area contributed by atoms with Crippen LogP contribution in [0.5, 0.6) is 17.2 Å². The van der Waals surface area contributed by atoms with Gasteiger partial charge in [-0.3, -0.25) is 13.7 Å². The first-order valence-corrected chi connectivity index (χ1v) is 20.4. The zero-order valence-electron chi connectivity index (χ0n) is 28.8. The van der Waals surface area contributed by atoms with Crippen molar-refractivity contribution in [3.8, 4) is 17.2 Å².